The Labute approximate surface area is 144 Å². The molecule has 3 N–H and O–H groups in total. The van der Waals surface area contributed by atoms with Crippen LogP contribution in [0.4, 0.5) is 0 Å². The average Bonchev–Trinajstić information content (AvgIpc) is 3.07. The summed E-state index contributed by atoms with van der Waals surface area (Å²) in [6.45, 7) is 0. The quantitative estimate of drug-likeness (QED) is 0.891. The molecule has 2 unspecified atom stereocenters. The van der Waals surface area contributed by atoms with Gasteiger partial charge in [-0.2, -0.15) is 0 Å². The van der Waals surface area contributed by atoms with Gasteiger partial charge in [-0.15, -0.1) is 11.3 Å². The molecule has 0 saturated heterocycles. The van der Waals surface area contributed by atoms with E-state index >= 15 is 0 Å². The van der Waals surface area contributed by atoms with Crippen molar-refractivity contribution in [2.45, 2.75) is 44.2 Å². The second-order valence-corrected chi connectivity index (χ2v) is 7.81. The van der Waals surface area contributed by atoms with Crippen LogP contribution >= 0.6 is 11.3 Å². The zero-order chi connectivity index (χ0) is 16.5. The van der Waals surface area contributed by atoms with Crippen LogP contribution in [0, 0.1) is 11.8 Å². The first kappa shape index (κ1) is 15.7. The Hall–Kier alpha value is -1.86. The molecule has 6 nitrogen and oxygen atoms in total. The van der Waals surface area contributed by atoms with Gasteiger partial charge in [0.2, 0.25) is 0 Å². The van der Waals surface area contributed by atoms with Gasteiger partial charge in [0.25, 0.3) is 5.91 Å². The molecule has 2 heterocycles. The van der Waals surface area contributed by atoms with Crippen molar-refractivity contribution in [1.29, 1.82) is 0 Å². The molecule has 2 atom stereocenters. The first-order valence-corrected chi connectivity index (χ1v) is 9.32. The lowest BCUT2D eigenvalue weighted by Crippen LogP contribution is -2.53. The fraction of sp³-hybridized carbons (Fsp3) is 0.529. The maximum absolute atomic E-state index is 12.7. The number of nitrogens with two attached hydrogens (primary N) is 1. The van der Waals surface area contributed by atoms with Crippen LogP contribution in [-0.4, -0.2) is 32.9 Å². The minimum Gasteiger partial charge on any atom is -0.348 e. The van der Waals surface area contributed by atoms with E-state index in [1.54, 1.807) is 24.7 Å². The minimum atomic E-state index is -0.0351. The first-order valence-electron chi connectivity index (χ1n) is 8.50. The molecule has 7 heteroatoms. The van der Waals surface area contributed by atoms with Gasteiger partial charge in [-0.25, -0.2) is 15.0 Å². The molecule has 24 heavy (non-hydrogen) atoms. The van der Waals surface area contributed by atoms with E-state index in [0.29, 0.717) is 33.6 Å². The van der Waals surface area contributed by atoms with Crippen molar-refractivity contribution < 1.29 is 4.79 Å². The first-order chi connectivity index (χ1) is 11.7. The monoisotopic (exact) mass is 343 g/mol. The highest BCUT2D eigenvalue weighted by atomic mass is 32.1. The Kier molecular flexibility index (Phi) is 4.28. The number of rotatable bonds is 3. The maximum Gasteiger partial charge on any atom is 0.263 e. The Morgan fingerprint density at radius 1 is 1.17 bits per heavy atom. The number of amides is 1. The molecule has 2 fully saturated rings. The summed E-state index contributed by atoms with van der Waals surface area (Å²) >= 11 is 1.34. The van der Waals surface area contributed by atoms with Gasteiger partial charge in [0.15, 0.2) is 10.8 Å². The van der Waals surface area contributed by atoms with Crippen molar-refractivity contribution in [3.63, 3.8) is 0 Å². The molecule has 2 aliphatic rings. The van der Waals surface area contributed by atoms with E-state index < -0.39 is 0 Å². The molecule has 2 saturated carbocycles. The fourth-order valence-corrected chi connectivity index (χ4v) is 4.91. The van der Waals surface area contributed by atoms with Crippen molar-refractivity contribution in [3.8, 4) is 10.8 Å². The van der Waals surface area contributed by atoms with Crippen LogP contribution in [0.2, 0.25) is 0 Å². The summed E-state index contributed by atoms with van der Waals surface area (Å²) in [4.78, 5) is 25.9. The Balaban J connectivity index is 1.48. The third-order valence-electron chi connectivity index (χ3n) is 5.16. The molecule has 0 radical (unpaired) electrons. The molecule has 0 aliphatic heterocycles. The van der Waals surface area contributed by atoms with Crippen molar-refractivity contribution in [2.75, 3.05) is 0 Å². The highest BCUT2D eigenvalue weighted by Crippen LogP contribution is 2.39. The van der Waals surface area contributed by atoms with Crippen LogP contribution in [0.25, 0.3) is 10.8 Å². The summed E-state index contributed by atoms with van der Waals surface area (Å²) < 4.78 is 0. The molecule has 2 aliphatic carbocycles. The van der Waals surface area contributed by atoms with Crippen LogP contribution in [-0.2, 0) is 0 Å². The Bertz CT molecular complexity index is 705. The van der Waals surface area contributed by atoms with Gasteiger partial charge in [0, 0.05) is 24.5 Å². The van der Waals surface area contributed by atoms with Crippen LogP contribution in [0.5, 0.6) is 0 Å². The summed E-state index contributed by atoms with van der Waals surface area (Å²) in [5.74, 6) is 1.55. The van der Waals surface area contributed by atoms with Gasteiger partial charge >= 0.3 is 0 Å². The van der Waals surface area contributed by atoms with Crippen LogP contribution < -0.4 is 11.1 Å². The third kappa shape index (κ3) is 3.06. The van der Waals surface area contributed by atoms with Crippen molar-refractivity contribution in [2.24, 2.45) is 17.6 Å². The number of carbonyl (C=O) groups is 1. The van der Waals surface area contributed by atoms with E-state index in [2.05, 4.69) is 20.3 Å². The standard InChI is InChI=1S/C17H21N5OS/c18-12-7-10-3-1-4-11(8-12)14(10)22-16(23)13-9-21-17(24-13)15-19-5-2-6-20-15/h2,5-6,9-12,14H,1,3-4,7-8,18H2,(H,22,23). The van der Waals surface area contributed by atoms with E-state index in [1.807, 2.05) is 0 Å². The minimum absolute atomic E-state index is 0.0351. The lowest BCUT2D eigenvalue weighted by molar-refractivity contribution is 0.0759. The molecule has 1 amide bonds. The predicted octanol–water partition coefficient (Wildman–Crippen LogP) is 2.24. The smallest absolute Gasteiger partial charge is 0.263 e. The largest absolute Gasteiger partial charge is 0.348 e. The molecule has 2 aromatic heterocycles. The second kappa shape index (κ2) is 6.57. The lowest BCUT2D eigenvalue weighted by Gasteiger charge is -2.45. The van der Waals surface area contributed by atoms with Crippen LogP contribution in [0.15, 0.2) is 24.7 Å². The molecule has 2 bridgehead atoms. The maximum atomic E-state index is 12.7. The normalized spacial score (nSPS) is 29.2. The van der Waals surface area contributed by atoms with E-state index in [4.69, 9.17) is 5.73 Å². The van der Waals surface area contributed by atoms with Gasteiger partial charge in [-0.1, -0.05) is 6.42 Å². The SMILES string of the molecule is NC1CC2CCCC(C1)C2NC(=O)c1cnc(-c2ncccn2)s1. The van der Waals surface area contributed by atoms with E-state index in [0.717, 1.165) is 12.8 Å². The van der Waals surface area contributed by atoms with Gasteiger partial charge in [0.05, 0.1) is 6.20 Å². The number of nitrogens with one attached hydrogen (secondary N) is 1. The number of thiazole rings is 1. The third-order valence-corrected chi connectivity index (χ3v) is 6.15. The molecule has 126 valence electrons. The molecule has 4 rings (SSSR count). The van der Waals surface area contributed by atoms with E-state index in [-0.39, 0.29) is 11.9 Å². The van der Waals surface area contributed by atoms with Crippen molar-refractivity contribution >= 4 is 17.2 Å². The zero-order valence-electron chi connectivity index (χ0n) is 13.4. The Morgan fingerprint density at radius 2 is 1.88 bits per heavy atom. The number of hydrogen-bond acceptors (Lipinski definition) is 6. The fourth-order valence-electron chi connectivity index (χ4n) is 4.14. The number of aromatic nitrogens is 3. The van der Waals surface area contributed by atoms with Crippen molar-refractivity contribution in [3.05, 3.63) is 29.5 Å². The summed E-state index contributed by atoms with van der Waals surface area (Å²) in [6.07, 6.45) is 10.6. The predicted molar refractivity (Wildman–Crippen MR) is 92.4 cm³/mol. The number of nitrogens with zero attached hydrogens (tertiary/aromatic N) is 3. The second-order valence-electron chi connectivity index (χ2n) is 6.78. The molecular formula is C17H21N5OS. The van der Waals surface area contributed by atoms with Gasteiger partial charge in [-0.05, 0) is 43.6 Å². The van der Waals surface area contributed by atoms with Gasteiger partial charge in [-0.3, -0.25) is 4.79 Å². The molecular weight excluding hydrogens is 322 g/mol. The average molecular weight is 343 g/mol. The number of carbonyl (C=O) groups excluding carboxylic acids is 1. The number of hydrogen-bond donors (Lipinski definition) is 2. The van der Waals surface area contributed by atoms with Crippen LogP contribution in [0.1, 0.15) is 41.8 Å². The zero-order valence-corrected chi connectivity index (χ0v) is 14.2. The molecule has 0 aromatic carbocycles. The summed E-state index contributed by atoms with van der Waals surface area (Å²) in [7, 11) is 0. The molecule has 2 aromatic rings. The summed E-state index contributed by atoms with van der Waals surface area (Å²) in [5.41, 5.74) is 6.16. The van der Waals surface area contributed by atoms with Gasteiger partial charge in [0.1, 0.15) is 4.88 Å². The molecule has 0 spiro atoms. The Morgan fingerprint density at radius 3 is 2.58 bits per heavy atom. The van der Waals surface area contributed by atoms with E-state index in [9.17, 15) is 4.79 Å². The van der Waals surface area contributed by atoms with Gasteiger partial charge < -0.3 is 11.1 Å². The highest BCUT2D eigenvalue weighted by molar-refractivity contribution is 7.16. The highest BCUT2D eigenvalue weighted by Gasteiger charge is 2.40. The van der Waals surface area contributed by atoms with E-state index in [1.165, 1.54) is 30.6 Å². The lowest BCUT2D eigenvalue weighted by atomic mass is 9.67. The van der Waals surface area contributed by atoms with Crippen molar-refractivity contribution in [1.82, 2.24) is 20.3 Å². The summed E-state index contributed by atoms with van der Waals surface area (Å²) in [5, 5.41) is 3.93. The summed E-state index contributed by atoms with van der Waals surface area (Å²) in [6, 6.07) is 2.31. The van der Waals surface area contributed by atoms with Crippen LogP contribution in [0.3, 0.4) is 0 Å². The number of fused-ring (bicyclic) bond motifs is 2. The topological polar surface area (TPSA) is 93.8 Å².